The van der Waals surface area contributed by atoms with Crippen molar-refractivity contribution in [3.05, 3.63) is 0 Å². The van der Waals surface area contributed by atoms with Crippen LogP contribution in [-0.4, -0.2) is 43.7 Å². The molecule has 1 aliphatic rings. The van der Waals surface area contributed by atoms with Crippen LogP contribution in [0.5, 0.6) is 0 Å². The number of ether oxygens (including phenoxy) is 4. The van der Waals surface area contributed by atoms with Gasteiger partial charge in [0.25, 0.3) is 0 Å². The summed E-state index contributed by atoms with van der Waals surface area (Å²) in [5, 5.41) is 0. The van der Waals surface area contributed by atoms with Gasteiger partial charge in [0.05, 0.1) is 6.10 Å². The molecule has 1 aliphatic heterocycles. The van der Waals surface area contributed by atoms with E-state index in [1.165, 1.54) is 13.8 Å². The van der Waals surface area contributed by atoms with Crippen molar-refractivity contribution in [2.75, 3.05) is 13.2 Å². The summed E-state index contributed by atoms with van der Waals surface area (Å²) >= 11 is 0. The highest BCUT2D eigenvalue weighted by Crippen LogP contribution is 2.33. The van der Waals surface area contributed by atoms with Gasteiger partial charge in [0.2, 0.25) is 0 Å². The molecule has 1 heterocycles. The van der Waals surface area contributed by atoms with Gasteiger partial charge in [0, 0.05) is 19.8 Å². The summed E-state index contributed by atoms with van der Waals surface area (Å²) in [6.07, 6.45) is 3.54. The second kappa shape index (κ2) is 8.01. The maximum absolute atomic E-state index is 11.2. The minimum Gasteiger partial charge on any atom is -0.463 e. The fourth-order valence-electron chi connectivity index (χ4n) is 2.27. The first-order valence-electron chi connectivity index (χ1n) is 6.88. The molecule has 0 spiro atoms. The largest absolute Gasteiger partial charge is 0.463 e. The summed E-state index contributed by atoms with van der Waals surface area (Å²) < 4.78 is 21.5. The predicted molar refractivity (Wildman–Crippen MR) is 74.0 cm³/mol. The van der Waals surface area contributed by atoms with Crippen LogP contribution in [0.15, 0.2) is 0 Å². The first-order valence-corrected chi connectivity index (χ1v) is 6.88. The molecule has 5 atom stereocenters. The van der Waals surface area contributed by atoms with E-state index in [1.807, 2.05) is 13.8 Å². The highest BCUT2D eigenvalue weighted by molar-refractivity contribution is 5.66. The molecule has 0 saturated carbocycles. The molecule has 0 N–H and O–H groups in total. The van der Waals surface area contributed by atoms with Crippen molar-refractivity contribution in [3.63, 3.8) is 0 Å². The molecule has 118 valence electrons. The van der Waals surface area contributed by atoms with E-state index < -0.39 is 18.4 Å². The van der Waals surface area contributed by atoms with E-state index >= 15 is 0 Å². The smallest absolute Gasteiger partial charge is 0.303 e. The van der Waals surface area contributed by atoms with E-state index in [1.54, 1.807) is 0 Å². The van der Waals surface area contributed by atoms with E-state index in [2.05, 4.69) is 5.92 Å². The van der Waals surface area contributed by atoms with Gasteiger partial charge in [-0.3, -0.25) is 9.59 Å². The monoisotopic (exact) mass is 298 g/mol. The first kappa shape index (κ1) is 17.5. The fourth-order valence-corrected chi connectivity index (χ4v) is 2.27. The van der Waals surface area contributed by atoms with Crippen molar-refractivity contribution >= 4 is 11.9 Å². The zero-order valence-electron chi connectivity index (χ0n) is 12.8. The van der Waals surface area contributed by atoms with Gasteiger partial charge < -0.3 is 18.9 Å². The summed E-state index contributed by atoms with van der Waals surface area (Å²) in [4.78, 5) is 22.2. The Morgan fingerprint density at radius 3 is 2.38 bits per heavy atom. The number of esters is 2. The summed E-state index contributed by atoms with van der Waals surface area (Å²) in [6, 6.07) is 0. The molecule has 2 unspecified atom stereocenters. The van der Waals surface area contributed by atoms with Gasteiger partial charge in [-0.25, -0.2) is 0 Å². The number of carbonyl (C=O) groups excluding carboxylic acids is 2. The zero-order valence-corrected chi connectivity index (χ0v) is 12.8. The molecule has 1 rings (SSSR count). The number of hydrogen-bond acceptors (Lipinski definition) is 6. The van der Waals surface area contributed by atoms with Crippen LogP contribution in [0.4, 0.5) is 0 Å². The van der Waals surface area contributed by atoms with E-state index in [0.717, 1.165) is 0 Å². The zero-order chi connectivity index (χ0) is 16.0. The van der Waals surface area contributed by atoms with Crippen molar-refractivity contribution in [2.45, 2.75) is 46.2 Å². The Morgan fingerprint density at radius 1 is 1.19 bits per heavy atom. The third kappa shape index (κ3) is 5.03. The Hall–Kier alpha value is -1.58. The second-order valence-corrected chi connectivity index (χ2v) is 5.15. The summed E-state index contributed by atoms with van der Waals surface area (Å²) in [7, 11) is 0. The molecule has 21 heavy (non-hydrogen) atoms. The first-order chi connectivity index (χ1) is 9.86. The maximum Gasteiger partial charge on any atom is 0.303 e. The molecular weight excluding hydrogens is 276 g/mol. The van der Waals surface area contributed by atoms with Gasteiger partial charge >= 0.3 is 11.9 Å². The fraction of sp³-hybridized carbons (Fsp3) is 0.733. The van der Waals surface area contributed by atoms with Crippen LogP contribution in [0, 0.1) is 24.2 Å². The van der Waals surface area contributed by atoms with E-state index in [9.17, 15) is 9.59 Å². The Labute approximate surface area is 125 Å². The molecule has 6 heteroatoms. The van der Waals surface area contributed by atoms with Crippen LogP contribution < -0.4 is 0 Å². The van der Waals surface area contributed by atoms with Crippen LogP contribution in [0.25, 0.3) is 0 Å². The maximum atomic E-state index is 11.2. The van der Waals surface area contributed by atoms with Gasteiger partial charge in [0.1, 0.15) is 13.2 Å². The average molecular weight is 298 g/mol. The van der Waals surface area contributed by atoms with E-state index in [-0.39, 0.29) is 37.1 Å². The second-order valence-electron chi connectivity index (χ2n) is 5.15. The number of rotatable bonds is 5. The van der Waals surface area contributed by atoms with Gasteiger partial charge in [-0.2, -0.15) is 0 Å². The topological polar surface area (TPSA) is 71.1 Å². The van der Waals surface area contributed by atoms with Gasteiger partial charge in [0.15, 0.2) is 12.4 Å². The quantitative estimate of drug-likeness (QED) is 0.560. The molecule has 1 fully saturated rings. The Bertz CT molecular complexity index is 411. The molecule has 0 aromatic heterocycles. The normalized spacial score (nSPS) is 32.0. The standard InChI is InChI=1S/C15H22O6/c1-6-7-18-15-14(20-12(5)17)10(3)9(2)13(21-15)8-19-11(4)16/h1,9-10,13-15H,7-8H2,2-5H3/t9-,10-,13?,14?,15+/m0/s1. The molecule has 1 saturated heterocycles. The van der Waals surface area contributed by atoms with Gasteiger partial charge in [-0.1, -0.05) is 19.8 Å². The lowest BCUT2D eigenvalue weighted by atomic mass is 9.83. The van der Waals surface area contributed by atoms with Crippen LogP contribution >= 0.6 is 0 Å². The summed E-state index contributed by atoms with van der Waals surface area (Å²) in [6.45, 7) is 6.74. The van der Waals surface area contributed by atoms with Crippen molar-refractivity contribution in [1.29, 1.82) is 0 Å². The number of terminal acetylenes is 1. The Balaban J connectivity index is 2.80. The lowest BCUT2D eigenvalue weighted by Gasteiger charge is -2.43. The molecule has 0 aromatic carbocycles. The average Bonchev–Trinajstić information content (AvgIpc) is 2.41. The lowest BCUT2D eigenvalue weighted by Crippen LogP contribution is -2.53. The molecule has 0 radical (unpaired) electrons. The van der Waals surface area contributed by atoms with Crippen molar-refractivity contribution in [1.82, 2.24) is 0 Å². The lowest BCUT2D eigenvalue weighted by molar-refractivity contribution is -0.276. The SMILES string of the molecule is C#CCO[C@@H]1OC(COC(C)=O)[C@@H](C)[C@H](C)C1OC(C)=O. The molecule has 0 aromatic rings. The molecule has 0 bridgehead atoms. The van der Waals surface area contributed by atoms with Crippen LogP contribution in [0.1, 0.15) is 27.7 Å². The number of carbonyl (C=O) groups is 2. The van der Waals surface area contributed by atoms with Crippen LogP contribution in [0.2, 0.25) is 0 Å². The molecule has 0 aliphatic carbocycles. The number of hydrogen-bond donors (Lipinski definition) is 0. The van der Waals surface area contributed by atoms with Crippen molar-refractivity contribution in [2.24, 2.45) is 11.8 Å². The molecule has 0 amide bonds. The predicted octanol–water partition coefficient (Wildman–Crippen LogP) is 1.13. The summed E-state index contributed by atoms with van der Waals surface area (Å²) in [5.41, 5.74) is 0. The Morgan fingerprint density at radius 2 is 1.86 bits per heavy atom. The summed E-state index contributed by atoms with van der Waals surface area (Å²) in [5.74, 6) is 1.58. The van der Waals surface area contributed by atoms with Crippen molar-refractivity contribution < 1.29 is 28.5 Å². The highest BCUT2D eigenvalue weighted by atomic mass is 16.7. The molecule has 6 nitrogen and oxygen atoms in total. The van der Waals surface area contributed by atoms with Gasteiger partial charge in [-0.05, 0) is 5.92 Å². The van der Waals surface area contributed by atoms with Gasteiger partial charge in [-0.15, -0.1) is 6.42 Å². The van der Waals surface area contributed by atoms with E-state index in [4.69, 9.17) is 25.4 Å². The third-order valence-corrected chi connectivity index (χ3v) is 3.59. The minimum absolute atomic E-state index is 0.0222. The third-order valence-electron chi connectivity index (χ3n) is 3.59. The highest BCUT2D eigenvalue weighted by Gasteiger charge is 2.44. The van der Waals surface area contributed by atoms with Crippen LogP contribution in [-0.2, 0) is 28.5 Å². The van der Waals surface area contributed by atoms with Crippen molar-refractivity contribution in [3.8, 4) is 12.3 Å². The Kier molecular flexibility index (Phi) is 6.66. The molecular formula is C15H22O6. The minimum atomic E-state index is -0.767. The van der Waals surface area contributed by atoms with E-state index in [0.29, 0.717) is 0 Å². The van der Waals surface area contributed by atoms with Crippen LogP contribution in [0.3, 0.4) is 0 Å².